The van der Waals surface area contributed by atoms with Crippen LogP contribution in [0.25, 0.3) is 15.6 Å². The number of hydrogen-bond donors (Lipinski definition) is 1. The topological polar surface area (TPSA) is 80.5 Å². The number of nitrogens with zero attached hydrogens (tertiary/aromatic N) is 3. The first-order chi connectivity index (χ1) is 13.9. The maximum absolute atomic E-state index is 12.7. The predicted octanol–water partition coefficient (Wildman–Crippen LogP) is 3.88. The van der Waals surface area contributed by atoms with Gasteiger partial charge in [-0.2, -0.15) is 0 Å². The highest BCUT2D eigenvalue weighted by Gasteiger charge is 2.23. The largest absolute Gasteiger partial charge is 0.441 e. The molecule has 9 heteroatoms. The molecule has 7 nitrogen and oxygen atoms in total. The molecule has 1 N–H and O–H groups in total. The summed E-state index contributed by atoms with van der Waals surface area (Å²) in [6, 6.07) is 2.17. The van der Waals surface area contributed by atoms with E-state index in [9.17, 15) is 4.79 Å². The minimum absolute atomic E-state index is 0.0832. The Morgan fingerprint density at radius 3 is 2.97 bits per heavy atom. The molecule has 0 saturated carbocycles. The van der Waals surface area contributed by atoms with Crippen LogP contribution >= 0.6 is 22.7 Å². The Bertz CT molecular complexity index is 1020. The Labute approximate surface area is 177 Å². The second-order valence-corrected chi connectivity index (χ2v) is 9.28. The molecule has 1 aliphatic rings. The van der Waals surface area contributed by atoms with E-state index in [4.69, 9.17) is 14.1 Å². The van der Waals surface area contributed by atoms with Crippen LogP contribution in [-0.2, 0) is 11.2 Å². The van der Waals surface area contributed by atoms with Gasteiger partial charge in [-0.3, -0.25) is 4.79 Å². The van der Waals surface area contributed by atoms with Crippen LogP contribution in [-0.4, -0.2) is 48.2 Å². The van der Waals surface area contributed by atoms with Gasteiger partial charge in [-0.05, 0) is 26.0 Å². The molecule has 0 bridgehead atoms. The van der Waals surface area contributed by atoms with Gasteiger partial charge in [0, 0.05) is 33.0 Å². The second kappa shape index (κ2) is 8.25. The fourth-order valence-electron chi connectivity index (χ4n) is 3.30. The minimum Gasteiger partial charge on any atom is -0.441 e. The zero-order chi connectivity index (χ0) is 20.5. The molecule has 1 amide bonds. The highest BCUT2D eigenvalue weighted by molar-refractivity contribution is 7.29. The van der Waals surface area contributed by atoms with E-state index in [0.29, 0.717) is 29.8 Å². The van der Waals surface area contributed by atoms with E-state index < -0.39 is 0 Å². The maximum atomic E-state index is 12.7. The van der Waals surface area contributed by atoms with Crippen molar-refractivity contribution in [3.05, 3.63) is 34.4 Å². The van der Waals surface area contributed by atoms with E-state index in [0.717, 1.165) is 32.7 Å². The van der Waals surface area contributed by atoms with Crippen molar-refractivity contribution < 1.29 is 13.9 Å². The molecule has 29 heavy (non-hydrogen) atoms. The van der Waals surface area contributed by atoms with Crippen LogP contribution < -0.4 is 10.2 Å². The van der Waals surface area contributed by atoms with Crippen molar-refractivity contribution in [3.63, 3.8) is 0 Å². The van der Waals surface area contributed by atoms with Gasteiger partial charge in [0.2, 0.25) is 0 Å². The van der Waals surface area contributed by atoms with E-state index >= 15 is 0 Å². The third-order valence-corrected chi connectivity index (χ3v) is 6.95. The van der Waals surface area contributed by atoms with Gasteiger partial charge in [-0.25, -0.2) is 9.97 Å². The predicted molar refractivity (Wildman–Crippen MR) is 117 cm³/mol. The molecule has 3 heterocycles. The zero-order valence-electron chi connectivity index (χ0n) is 16.9. The van der Waals surface area contributed by atoms with Crippen LogP contribution in [0.15, 0.2) is 16.6 Å². The molecular formula is C20H24N4O3S2. The summed E-state index contributed by atoms with van der Waals surface area (Å²) in [5.74, 6) is 1.35. The fraction of sp³-hybridized carbons (Fsp3) is 0.450. The molecule has 0 spiro atoms. The standard InChI is InChI=1S/C20H24N4O3S2/c1-11(2)24(7-8-26-4)20-23-19-17(29-20)10-16(28-19)18(25)22-13-5-6-15-14(9-13)21-12(3)27-15/h5-6,10-11,13H,7-9H2,1-4H3,(H,22,25). The summed E-state index contributed by atoms with van der Waals surface area (Å²) in [4.78, 5) is 25.7. The van der Waals surface area contributed by atoms with Gasteiger partial charge < -0.3 is 19.4 Å². The lowest BCUT2D eigenvalue weighted by molar-refractivity contribution is 0.0948. The number of nitrogens with one attached hydrogen (secondary N) is 1. The van der Waals surface area contributed by atoms with Crippen LogP contribution in [0.2, 0.25) is 0 Å². The molecule has 154 valence electrons. The SMILES string of the molecule is COCCN(c1nc2sc(C(=O)NC3C=Cc4oc(C)nc4C3)cc2s1)C(C)C. The summed E-state index contributed by atoms with van der Waals surface area (Å²) < 4.78 is 11.8. The Balaban J connectivity index is 1.45. The van der Waals surface area contributed by atoms with Gasteiger partial charge in [0.25, 0.3) is 5.91 Å². The first kappa shape index (κ1) is 20.1. The number of thiazole rings is 1. The molecule has 0 aliphatic heterocycles. The fourth-order valence-corrected chi connectivity index (χ4v) is 5.58. The summed E-state index contributed by atoms with van der Waals surface area (Å²) in [6.45, 7) is 7.56. The lowest BCUT2D eigenvalue weighted by Gasteiger charge is -2.25. The van der Waals surface area contributed by atoms with Crippen LogP contribution in [0.5, 0.6) is 0 Å². The molecule has 1 atom stereocenters. The summed E-state index contributed by atoms with van der Waals surface area (Å²) in [7, 11) is 1.70. The third kappa shape index (κ3) is 4.22. The molecule has 1 unspecified atom stereocenters. The summed E-state index contributed by atoms with van der Waals surface area (Å²) in [5, 5.41) is 4.04. The Morgan fingerprint density at radius 1 is 1.41 bits per heavy atom. The van der Waals surface area contributed by atoms with Gasteiger partial charge in [0.05, 0.1) is 27.9 Å². The quantitative estimate of drug-likeness (QED) is 0.610. The second-order valence-electron chi connectivity index (χ2n) is 7.24. The van der Waals surface area contributed by atoms with E-state index in [2.05, 4.69) is 29.0 Å². The van der Waals surface area contributed by atoms with Gasteiger partial charge in [-0.15, -0.1) is 11.3 Å². The lowest BCUT2D eigenvalue weighted by atomic mass is 10.0. The number of oxazole rings is 1. The molecule has 3 aromatic rings. The van der Waals surface area contributed by atoms with Gasteiger partial charge >= 0.3 is 0 Å². The van der Waals surface area contributed by atoms with E-state index in [-0.39, 0.29) is 11.9 Å². The van der Waals surface area contributed by atoms with Crippen molar-refractivity contribution in [2.45, 2.75) is 39.3 Å². The summed E-state index contributed by atoms with van der Waals surface area (Å²) >= 11 is 3.04. The van der Waals surface area contributed by atoms with Crippen molar-refractivity contribution in [2.75, 3.05) is 25.2 Å². The van der Waals surface area contributed by atoms with Crippen molar-refractivity contribution in [3.8, 4) is 0 Å². The number of aryl methyl sites for hydroxylation is 1. The molecule has 0 aromatic carbocycles. The zero-order valence-corrected chi connectivity index (χ0v) is 18.5. The van der Waals surface area contributed by atoms with Crippen LogP contribution in [0.3, 0.4) is 0 Å². The Kier molecular flexibility index (Phi) is 5.71. The lowest BCUT2D eigenvalue weighted by Crippen LogP contribution is -2.35. The molecule has 3 aromatic heterocycles. The number of hydrogen-bond acceptors (Lipinski definition) is 8. The van der Waals surface area contributed by atoms with Crippen LogP contribution in [0, 0.1) is 6.92 Å². The number of ether oxygens (including phenoxy) is 1. The number of carbonyl (C=O) groups excluding carboxylic acids is 1. The number of rotatable bonds is 7. The minimum atomic E-state index is -0.0892. The number of aromatic nitrogens is 2. The first-order valence-corrected chi connectivity index (χ1v) is 11.2. The van der Waals surface area contributed by atoms with Crippen LogP contribution in [0.1, 0.15) is 40.9 Å². The average molecular weight is 433 g/mol. The molecule has 0 radical (unpaired) electrons. The maximum Gasteiger partial charge on any atom is 0.261 e. The molecular weight excluding hydrogens is 408 g/mol. The number of fused-ring (bicyclic) bond motifs is 2. The summed E-state index contributed by atoms with van der Waals surface area (Å²) in [5.41, 5.74) is 0.888. The number of methoxy groups -OCH3 is 1. The number of anilines is 1. The van der Waals surface area contributed by atoms with Crippen molar-refractivity contribution in [1.82, 2.24) is 15.3 Å². The number of amides is 1. The number of carbonyl (C=O) groups is 1. The Morgan fingerprint density at radius 2 is 2.24 bits per heavy atom. The molecule has 1 aliphatic carbocycles. The average Bonchev–Trinajstić information content (AvgIpc) is 3.33. The highest BCUT2D eigenvalue weighted by Crippen LogP contribution is 2.35. The highest BCUT2D eigenvalue weighted by atomic mass is 32.1. The summed E-state index contributed by atoms with van der Waals surface area (Å²) in [6.07, 6.45) is 4.47. The number of thiophene rings is 1. The smallest absolute Gasteiger partial charge is 0.261 e. The van der Waals surface area contributed by atoms with Gasteiger partial charge in [0.1, 0.15) is 4.83 Å². The molecule has 4 rings (SSSR count). The van der Waals surface area contributed by atoms with Gasteiger partial charge in [-0.1, -0.05) is 17.4 Å². The van der Waals surface area contributed by atoms with Crippen LogP contribution in [0.4, 0.5) is 5.13 Å². The van der Waals surface area contributed by atoms with Crippen molar-refractivity contribution in [2.24, 2.45) is 0 Å². The monoisotopic (exact) mass is 432 g/mol. The molecule has 0 saturated heterocycles. The van der Waals surface area contributed by atoms with E-state index in [1.807, 2.05) is 25.1 Å². The van der Waals surface area contributed by atoms with E-state index in [1.54, 1.807) is 18.4 Å². The first-order valence-electron chi connectivity index (χ1n) is 9.56. The van der Waals surface area contributed by atoms with Crippen molar-refractivity contribution in [1.29, 1.82) is 0 Å². The Hall–Kier alpha value is -2.23. The molecule has 0 fully saturated rings. The normalized spacial score (nSPS) is 15.8. The van der Waals surface area contributed by atoms with E-state index in [1.165, 1.54) is 11.3 Å². The van der Waals surface area contributed by atoms with Gasteiger partial charge in [0.15, 0.2) is 16.8 Å². The van der Waals surface area contributed by atoms with Crippen molar-refractivity contribution >= 4 is 49.3 Å². The third-order valence-electron chi connectivity index (χ3n) is 4.75.